The van der Waals surface area contributed by atoms with Crippen LogP contribution in [0.3, 0.4) is 0 Å². The fourth-order valence-electron chi connectivity index (χ4n) is 1.47. The molecular formula is C9H18B3Cl3N3. The smallest absolute Gasteiger partial charge is 0.290 e. The van der Waals surface area contributed by atoms with E-state index in [4.69, 9.17) is 34.8 Å². The minimum Gasteiger partial charge on any atom is -0.361 e. The van der Waals surface area contributed by atoms with Crippen molar-refractivity contribution in [2.24, 2.45) is 0 Å². The number of alkyl halides is 3. The van der Waals surface area contributed by atoms with Crippen LogP contribution in [-0.2, 0) is 0 Å². The summed E-state index contributed by atoms with van der Waals surface area (Å²) in [6, 6.07) is 0.696. The molecule has 1 aliphatic rings. The van der Waals surface area contributed by atoms with Crippen LogP contribution in [-0.4, -0.2) is 72.6 Å². The first kappa shape index (κ1) is 17.0. The van der Waals surface area contributed by atoms with Gasteiger partial charge in [-0.25, -0.2) is 0 Å². The van der Waals surface area contributed by atoms with Gasteiger partial charge in [-0.3, -0.25) is 0 Å². The molecule has 0 N–H and O–H groups in total. The van der Waals surface area contributed by atoms with Gasteiger partial charge in [0, 0.05) is 35.8 Å². The van der Waals surface area contributed by atoms with E-state index in [9.17, 15) is 0 Å². The molecule has 1 saturated heterocycles. The summed E-state index contributed by atoms with van der Waals surface area (Å²) in [5, 5.41) is 0. The molecule has 0 aromatic heterocycles. The van der Waals surface area contributed by atoms with Crippen LogP contribution in [0, 0.1) is 0 Å². The Hall–Kier alpha value is 0.945. The van der Waals surface area contributed by atoms with Crippen molar-refractivity contribution in [2.45, 2.75) is 38.9 Å². The topological polar surface area (TPSA) is 9.72 Å². The summed E-state index contributed by atoms with van der Waals surface area (Å²) in [5.74, 6) is 1.71. The molecule has 3 unspecified atom stereocenters. The summed E-state index contributed by atoms with van der Waals surface area (Å²) in [6.45, 7) is 6.25. The second-order valence-electron chi connectivity index (χ2n) is 4.70. The van der Waals surface area contributed by atoms with Crippen molar-refractivity contribution in [2.75, 3.05) is 17.6 Å². The molecule has 0 aromatic rings. The number of rotatable bonds is 6. The highest BCUT2D eigenvalue weighted by Crippen LogP contribution is 2.13. The third-order valence-electron chi connectivity index (χ3n) is 3.00. The molecule has 0 saturated carbocycles. The molecule has 3 radical (unpaired) electrons. The van der Waals surface area contributed by atoms with E-state index in [0.29, 0.717) is 17.6 Å². The van der Waals surface area contributed by atoms with Crippen LogP contribution in [0.2, 0.25) is 0 Å². The summed E-state index contributed by atoms with van der Waals surface area (Å²) in [7, 11) is 6.12. The summed E-state index contributed by atoms with van der Waals surface area (Å²) >= 11 is 17.8. The summed E-state index contributed by atoms with van der Waals surface area (Å²) in [5.41, 5.74) is 0. The van der Waals surface area contributed by atoms with Crippen LogP contribution in [0.5, 0.6) is 0 Å². The van der Waals surface area contributed by atoms with Crippen molar-refractivity contribution < 1.29 is 0 Å². The standard InChI is InChI=1S/C9H18B3Cl3N3/c1-7(4-13)16-10-17(8(2)5-14)12-18(11-16)9(3)6-15/h7-9H,4-6H2,1-3H3. The maximum absolute atomic E-state index is 5.93. The monoisotopic (exact) mass is 306 g/mol. The zero-order chi connectivity index (χ0) is 13.7. The molecular weight excluding hydrogens is 289 g/mol. The highest BCUT2D eigenvalue weighted by molar-refractivity contribution is 6.65. The van der Waals surface area contributed by atoms with Gasteiger partial charge in [-0.05, 0) is 0 Å². The molecule has 0 spiro atoms. The van der Waals surface area contributed by atoms with Gasteiger partial charge in [-0.15, -0.1) is 34.8 Å². The van der Waals surface area contributed by atoms with Crippen LogP contribution in [0.25, 0.3) is 0 Å². The Labute approximate surface area is 128 Å². The van der Waals surface area contributed by atoms with E-state index in [0.717, 1.165) is 0 Å². The highest BCUT2D eigenvalue weighted by Gasteiger charge is 2.34. The van der Waals surface area contributed by atoms with E-state index in [1.54, 1.807) is 0 Å². The molecule has 1 heterocycles. The van der Waals surface area contributed by atoms with E-state index >= 15 is 0 Å². The molecule has 3 nitrogen and oxygen atoms in total. The Morgan fingerprint density at radius 2 is 0.889 bits per heavy atom. The molecule has 3 atom stereocenters. The normalized spacial score (nSPS) is 23.7. The molecule has 99 valence electrons. The molecule has 9 heteroatoms. The molecule has 0 bridgehead atoms. The molecule has 1 aliphatic heterocycles. The second kappa shape index (κ2) is 8.28. The van der Waals surface area contributed by atoms with Crippen molar-refractivity contribution in [3.8, 4) is 0 Å². The SMILES string of the molecule is CC(CCl)N1[B]N(C(C)CCl)[B]N(C(C)CCl)[B]1. The Balaban J connectivity index is 2.71. The van der Waals surface area contributed by atoms with Crippen molar-refractivity contribution in [1.29, 1.82) is 0 Å². The zero-order valence-corrected chi connectivity index (χ0v) is 13.3. The summed E-state index contributed by atoms with van der Waals surface area (Å²) in [4.78, 5) is 0. The Bertz CT molecular complexity index is 208. The fraction of sp³-hybridized carbons (Fsp3) is 1.00. The van der Waals surface area contributed by atoms with Crippen LogP contribution in [0.15, 0.2) is 0 Å². The van der Waals surface area contributed by atoms with Gasteiger partial charge in [0.1, 0.15) is 0 Å². The lowest BCUT2D eigenvalue weighted by molar-refractivity contribution is 0.388. The molecule has 0 aliphatic carbocycles. The van der Waals surface area contributed by atoms with Crippen molar-refractivity contribution in [3.05, 3.63) is 0 Å². The zero-order valence-electron chi connectivity index (χ0n) is 11.1. The molecule has 18 heavy (non-hydrogen) atoms. The largest absolute Gasteiger partial charge is 0.361 e. The minimum absolute atomic E-state index is 0.232. The number of hydrogen-bond acceptors (Lipinski definition) is 3. The van der Waals surface area contributed by atoms with Crippen LogP contribution in [0.4, 0.5) is 0 Å². The quantitative estimate of drug-likeness (QED) is 0.542. The average molecular weight is 307 g/mol. The summed E-state index contributed by atoms with van der Waals surface area (Å²) in [6.07, 6.45) is 0. The third-order valence-corrected chi connectivity index (χ3v) is 4.34. The lowest BCUT2D eigenvalue weighted by Gasteiger charge is -2.46. The molecule has 0 amide bonds. The summed E-state index contributed by atoms with van der Waals surface area (Å²) < 4.78 is 6.29. The van der Waals surface area contributed by atoms with E-state index in [-0.39, 0.29) is 18.1 Å². The van der Waals surface area contributed by atoms with Gasteiger partial charge in [-0.1, -0.05) is 20.8 Å². The second-order valence-corrected chi connectivity index (χ2v) is 5.62. The van der Waals surface area contributed by atoms with Gasteiger partial charge in [0.25, 0.3) is 22.6 Å². The Morgan fingerprint density at radius 1 is 0.667 bits per heavy atom. The van der Waals surface area contributed by atoms with Gasteiger partial charge < -0.3 is 14.2 Å². The highest BCUT2D eigenvalue weighted by atomic mass is 35.5. The van der Waals surface area contributed by atoms with Gasteiger partial charge in [-0.2, -0.15) is 0 Å². The van der Waals surface area contributed by atoms with Crippen LogP contribution < -0.4 is 0 Å². The van der Waals surface area contributed by atoms with Crippen molar-refractivity contribution in [3.63, 3.8) is 0 Å². The lowest BCUT2D eigenvalue weighted by atomic mass is 9.70. The van der Waals surface area contributed by atoms with E-state index in [2.05, 4.69) is 34.9 Å². The first-order chi connectivity index (χ1) is 8.53. The van der Waals surface area contributed by atoms with E-state index in [1.807, 2.05) is 22.6 Å². The number of nitrogens with zero attached hydrogens (tertiary/aromatic N) is 3. The first-order valence-electron chi connectivity index (χ1n) is 6.08. The van der Waals surface area contributed by atoms with Gasteiger partial charge in [0.05, 0.1) is 0 Å². The van der Waals surface area contributed by atoms with Gasteiger partial charge in [0.2, 0.25) is 0 Å². The van der Waals surface area contributed by atoms with Crippen molar-refractivity contribution >= 4 is 57.5 Å². The van der Waals surface area contributed by atoms with Crippen LogP contribution >= 0.6 is 34.8 Å². The molecule has 1 rings (SSSR count). The third kappa shape index (κ3) is 4.50. The Kier molecular flexibility index (Phi) is 7.82. The van der Waals surface area contributed by atoms with E-state index < -0.39 is 0 Å². The number of hydrogen-bond donors (Lipinski definition) is 0. The van der Waals surface area contributed by atoms with Gasteiger partial charge in [0.15, 0.2) is 0 Å². The predicted molar refractivity (Wildman–Crippen MR) is 83.3 cm³/mol. The minimum atomic E-state index is 0.232. The maximum Gasteiger partial charge on any atom is 0.290 e. The maximum atomic E-state index is 5.93. The predicted octanol–water partition coefficient (Wildman–Crippen LogP) is 1.39. The fourth-order valence-corrected chi connectivity index (χ4v) is 1.95. The average Bonchev–Trinajstić information content (AvgIpc) is 2.43. The lowest BCUT2D eigenvalue weighted by Crippen LogP contribution is -2.67. The molecule has 1 fully saturated rings. The van der Waals surface area contributed by atoms with Gasteiger partial charge >= 0.3 is 0 Å². The Morgan fingerprint density at radius 3 is 1.06 bits per heavy atom. The van der Waals surface area contributed by atoms with E-state index in [1.165, 1.54) is 0 Å². The number of halogens is 3. The van der Waals surface area contributed by atoms with Crippen molar-refractivity contribution in [1.82, 2.24) is 14.2 Å². The first-order valence-corrected chi connectivity index (χ1v) is 7.69. The molecule has 0 aromatic carbocycles. The van der Waals surface area contributed by atoms with Crippen LogP contribution in [0.1, 0.15) is 20.8 Å².